The zero-order chi connectivity index (χ0) is 23.0. The Morgan fingerprint density at radius 1 is 1.24 bits per heavy atom. The third-order valence-corrected chi connectivity index (χ3v) is 8.93. The number of piperidine rings is 1. The number of halogens is 1. The molecule has 1 amide bonds. The van der Waals surface area contributed by atoms with Gasteiger partial charge in [-0.2, -0.15) is 0 Å². The molecule has 2 aliphatic heterocycles. The molecule has 6 rings (SSSR count). The lowest BCUT2D eigenvalue weighted by Crippen LogP contribution is -2.76. The molecule has 172 valence electrons. The maximum atomic E-state index is 13.2. The summed E-state index contributed by atoms with van der Waals surface area (Å²) in [7, 11) is 2.05. The van der Waals surface area contributed by atoms with Gasteiger partial charge in [-0.05, 0) is 68.6 Å². The predicted molar refractivity (Wildman–Crippen MR) is 127 cm³/mol. The van der Waals surface area contributed by atoms with Gasteiger partial charge in [-0.25, -0.2) is 0 Å². The van der Waals surface area contributed by atoms with E-state index in [0.717, 1.165) is 34.1 Å². The molecule has 33 heavy (non-hydrogen) atoms. The predicted octanol–water partition coefficient (Wildman–Crippen LogP) is 2.77. The van der Waals surface area contributed by atoms with Crippen LogP contribution in [0.4, 0.5) is 0 Å². The minimum Gasteiger partial charge on any atom is -0.480 e. The summed E-state index contributed by atoms with van der Waals surface area (Å²) in [5.41, 5.74) is 1.83. The summed E-state index contributed by atoms with van der Waals surface area (Å²) in [5, 5.41) is 15.1. The minimum absolute atomic E-state index is 0.0358. The maximum Gasteiger partial charge on any atom is 0.255 e. The fourth-order valence-corrected chi connectivity index (χ4v) is 7.06. The van der Waals surface area contributed by atoms with Crippen molar-refractivity contribution < 1.29 is 19.4 Å². The molecule has 4 atom stereocenters. The van der Waals surface area contributed by atoms with Gasteiger partial charge in [-0.1, -0.05) is 34.1 Å². The Morgan fingerprint density at radius 3 is 2.82 bits per heavy atom. The maximum absolute atomic E-state index is 13.2. The molecular formula is C26H27BrN2O4. The largest absolute Gasteiger partial charge is 0.480 e. The van der Waals surface area contributed by atoms with E-state index >= 15 is 0 Å². The van der Waals surface area contributed by atoms with Crippen LogP contribution in [-0.4, -0.2) is 59.6 Å². The minimum atomic E-state index is -1.02. The monoisotopic (exact) mass is 510 g/mol. The van der Waals surface area contributed by atoms with E-state index < -0.39 is 17.1 Å². The average molecular weight is 511 g/mol. The van der Waals surface area contributed by atoms with Crippen LogP contribution in [0.3, 0.4) is 0 Å². The second kappa shape index (κ2) is 7.39. The number of ether oxygens (including phenoxy) is 1. The molecule has 2 aromatic carbocycles. The van der Waals surface area contributed by atoms with E-state index in [2.05, 4.69) is 33.2 Å². The number of hydrogen-bond donors (Lipinski definition) is 2. The van der Waals surface area contributed by atoms with Crippen molar-refractivity contribution in [3.05, 3.63) is 63.1 Å². The van der Waals surface area contributed by atoms with Gasteiger partial charge in [0.05, 0.1) is 16.6 Å². The molecule has 0 aromatic heterocycles. The van der Waals surface area contributed by atoms with Crippen LogP contribution in [-0.2, 0) is 23.1 Å². The molecular weight excluding hydrogens is 484 g/mol. The lowest BCUT2D eigenvalue weighted by molar-refractivity contribution is -0.185. The zero-order valence-corrected chi connectivity index (χ0v) is 20.2. The third-order valence-electron chi connectivity index (χ3n) is 8.40. The van der Waals surface area contributed by atoms with Crippen LogP contribution in [0.1, 0.15) is 46.3 Å². The van der Waals surface area contributed by atoms with Crippen LogP contribution >= 0.6 is 15.9 Å². The number of carbonyl (C=O) groups is 2. The zero-order valence-electron chi connectivity index (χ0n) is 18.6. The van der Waals surface area contributed by atoms with E-state index in [1.807, 2.05) is 36.4 Å². The molecule has 2 bridgehead atoms. The Balaban J connectivity index is 1.34. The van der Waals surface area contributed by atoms with Gasteiger partial charge >= 0.3 is 0 Å². The summed E-state index contributed by atoms with van der Waals surface area (Å²) in [6, 6.07) is 11.8. The van der Waals surface area contributed by atoms with Crippen molar-refractivity contribution in [3.8, 4) is 5.75 Å². The van der Waals surface area contributed by atoms with E-state index in [4.69, 9.17) is 4.74 Å². The van der Waals surface area contributed by atoms with Crippen molar-refractivity contribution in [3.63, 3.8) is 0 Å². The van der Waals surface area contributed by atoms with Gasteiger partial charge in [0.15, 0.2) is 11.9 Å². The Bertz CT molecular complexity index is 1170. The number of aliphatic hydroxyl groups is 1. The van der Waals surface area contributed by atoms with E-state index in [-0.39, 0.29) is 17.7 Å². The summed E-state index contributed by atoms with van der Waals surface area (Å²) < 4.78 is 7.35. The van der Waals surface area contributed by atoms with Gasteiger partial charge in [-0.3, -0.25) is 9.59 Å². The number of hydrogen-bond acceptors (Lipinski definition) is 5. The highest BCUT2D eigenvalue weighted by atomic mass is 79.9. The average Bonchev–Trinajstić information content (AvgIpc) is 3.16. The molecule has 1 unspecified atom stereocenters. The Kier molecular flexibility index (Phi) is 4.77. The van der Waals surface area contributed by atoms with Gasteiger partial charge < -0.3 is 20.1 Å². The fraction of sp³-hybridized carbons (Fsp3) is 0.462. The number of amides is 1. The van der Waals surface area contributed by atoms with Crippen molar-refractivity contribution in [2.75, 3.05) is 20.1 Å². The van der Waals surface area contributed by atoms with E-state index in [1.54, 1.807) is 0 Å². The third kappa shape index (κ3) is 2.85. The van der Waals surface area contributed by atoms with Crippen molar-refractivity contribution in [1.82, 2.24) is 10.2 Å². The molecule has 2 heterocycles. The first-order valence-electron chi connectivity index (χ1n) is 11.7. The molecule has 1 saturated heterocycles. The summed E-state index contributed by atoms with van der Waals surface area (Å²) in [6.45, 7) is 1.30. The number of benzene rings is 2. The van der Waals surface area contributed by atoms with E-state index in [9.17, 15) is 14.7 Å². The number of Topliss-reactive ketones (excluding diaryl/α,β-unsaturated/α-hetero) is 1. The van der Waals surface area contributed by atoms with Crippen LogP contribution in [0, 0.1) is 0 Å². The number of ketones is 1. The normalized spacial score (nSPS) is 31.7. The highest BCUT2D eigenvalue weighted by Crippen LogP contribution is 2.63. The van der Waals surface area contributed by atoms with Crippen LogP contribution in [0.5, 0.6) is 5.75 Å². The summed E-state index contributed by atoms with van der Waals surface area (Å²) >= 11 is 3.44. The van der Waals surface area contributed by atoms with Crippen LogP contribution in [0.2, 0.25) is 0 Å². The Morgan fingerprint density at radius 2 is 2.03 bits per heavy atom. The van der Waals surface area contributed by atoms with Gasteiger partial charge in [0.25, 0.3) is 5.91 Å². The number of carbonyl (C=O) groups excluding carboxylic acids is 2. The van der Waals surface area contributed by atoms with Crippen LogP contribution < -0.4 is 10.1 Å². The first-order chi connectivity index (χ1) is 15.8. The fourth-order valence-electron chi connectivity index (χ4n) is 6.79. The van der Waals surface area contributed by atoms with Gasteiger partial charge in [0.2, 0.25) is 0 Å². The Labute approximate surface area is 201 Å². The highest BCUT2D eigenvalue weighted by Gasteiger charge is 2.72. The van der Waals surface area contributed by atoms with Crippen LogP contribution in [0.15, 0.2) is 40.9 Å². The topological polar surface area (TPSA) is 78.9 Å². The molecule has 4 aliphatic rings. The van der Waals surface area contributed by atoms with Crippen molar-refractivity contribution in [2.45, 2.75) is 55.3 Å². The number of nitrogens with zero attached hydrogens (tertiary/aromatic N) is 1. The van der Waals surface area contributed by atoms with Gasteiger partial charge in [0, 0.05) is 29.0 Å². The molecule has 1 spiro atoms. The Hall–Kier alpha value is -2.22. The highest BCUT2D eigenvalue weighted by molar-refractivity contribution is 9.10. The molecule has 2 fully saturated rings. The molecule has 7 heteroatoms. The number of rotatable bonds is 4. The number of likely N-dealkylation sites (N-methyl/N-ethyl adjacent to an activating group) is 1. The van der Waals surface area contributed by atoms with Crippen molar-refractivity contribution in [1.29, 1.82) is 0 Å². The quantitative estimate of drug-likeness (QED) is 0.661. The first kappa shape index (κ1) is 21.3. The van der Waals surface area contributed by atoms with Crippen molar-refractivity contribution in [2.24, 2.45) is 0 Å². The molecule has 2 aliphatic carbocycles. The van der Waals surface area contributed by atoms with E-state index in [0.29, 0.717) is 43.5 Å². The molecule has 0 radical (unpaired) electrons. The lowest BCUT2D eigenvalue weighted by Gasteiger charge is -2.62. The van der Waals surface area contributed by atoms with E-state index in [1.165, 1.54) is 0 Å². The SMILES string of the molecule is CN1CC[C@]23c4c5ccc(C(=O)NCCc6ccc(Br)cc6)c4OC2C(=O)CC[C@@]3(O)[C@H]1C5. The lowest BCUT2D eigenvalue weighted by atomic mass is 9.49. The van der Waals surface area contributed by atoms with Crippen molar-refractivity contribution >= 4 is 27.6 Å². The standard InChI is InChI=1S/C26H27BrN2O4/c1-29-13-11-25-21-16-4-7-18(24(31)28-12-9-15-2-5-17(27)6-3-15)22(21)33-23(25)19(30)8-10-26(25,32)20(29)14-16/h2-7,20,23,32H,8-14H2,1H3,(H,28,31)/t20-,23?,25+,26-/m1/s1. The first-order valence-corrected chi connectivity index (χ1v) is 12.5. The molecule has 6 nitrogen and oxygen atoms in total. The van der Waals surface area contributed by atoms with Gasteiger partial charge in [-0.15, -0.1) is 0 Å². The molecule has 2 N–H and O–H groups in total. The summed E-state index contributed by atoms with van der Waals surface area (Å²) in [5.74, 6) is 0.343. The van der Waals surface area contributed by atoms with Gasteiger partial charge in [0.1, 0.15) is 5.75 Å². The second-order valence-corrected chi connectivity index (χ2v) is 10.8. The van der Waals surface area contributed by atoms with Crippen LogP contribution in [0.25, 0.3) is 0 Å². The number of likely N-dealkylation sites (tertiary alicyclic amines) is 1. The number of nitrogens with one attached hydrogen (secondary N) is 1. The molecule has 2 aromatic rings. The summed E-state index contributed by atoms with van der Waals surface area (Å²) in [6.07, 6.45) is 2.13. The summed E-state index contributed by atoms with van der Waals surface area (Å²) in [4.78, 5) is 28.4. The smallest absolute Gasteiger partial charge is 0.255 e. The second-order valence-electron chi connectivity index (χ2n) is 9.92. The molecule has 1 saturated carbocycles.